The molecular formula is C67H40N2S. The molecule has 16 rings (SSSR count). The number of aromatic nitrogens is 2. The van der Waals surface area contributed by atoms with Gasteiger partial charge in [-0.1, -0.05) is 182 Å². The number of benzene rings is 11. The van der Waals surface area contributed by atoms with Crippen LogP contribution in [-0.2, 0) is 5.41 Å². The molecule has 0 saturated heterocycles. The molecule has 1 spiro atoms. The van der Waals surface area contributed by atoms with E-state index in [2.05, 4.69) is 191 Å². The second-order valence-electron chi connectivity index (χ2n) is 18.7. The van der Waals surface area contributed by atoms with Crippen molar-refractivity contribution in [1.29, 1.82) is 0 Å². The van der Waals surface area contributed by atoms with Crippen molar-refractivity contribution in [1.82, 2.24) is 9.13 Å². The summed E-state index contributed by atoms with van der Waals surface area (Å²) in [5, 5.41) is 7.04. The second-order valence-corrected chi connectivity index (χ2v) is 19.8. The highest BCUT2D eigenvalue weighted by atomic mass is 32.1. The Balaban J connectivity index is 0.934. The highest BCUT2D eigenvalue weighted by Crippen LogP contribution is 2.63. The van der Waals surface area contributed by atoms with Gasteiger partial charge in [0.1, 0.15) is 0 Å². The molecule has 0 amide bonds. The minimum absolute atomic E-state index is 0.186. The van der Waals surface area contributed by atoms with E-state index in [-0.39, 0.29) is 29.7 Å². The molecule has 3 heteroatoms. The van der Waals surface area contributed by atoms with Gasteiger partial charge in [-0.3, -0.25) is 0 Å². The maximum absolute atomic E-state index is 8.76. The van der Waals surface area contributed by atoms with Crippen molar-refractivity contribution in [2.45, 2.75) is 5.41 Å². The van der Waals surface area contributed by atoms with Gasteiger partial charge in [0.15, 0.2) is 0 Å². The standard InChI is InChI=1S/C67H40N2S/c1-2-17-41(18-3-1)42-19-16-20-44(37-42)68-60-30-13-7-24-50(60)54-38-43(33-36-62(54)68)53-40-55-51-25-8-14-31-61(51)69(65(55)64-52-26-9-15-32-63(52)70-66(53)64)45-34-35-49-48-23-6-12-29-58(48)67(59(49)39-45)56-27-10-4-21-46(56)47-22-5-11-28-57(47)67/h1-40H/i1D,2D,3D,17D,18D. The van der Waals surface area contributed by atoms with E-state index in [1.165, 1.54) is 86.5 Å². The monoisotopic (exact) mass is 909 g/mol. The Kier molecular flexibility index (Phi) is 6.81. The van der Waals surface area contributed by atoms with E-state index in [0.29, 0.717) is 5.56 Å². The smallest absolute Gasteiger partial charge is 0.0726 e. The summed E-state index contributed by atoms with van der Waals surface area (Å²) in [4.78, 5) is 0. The maximum Gasteiger partial charge on any atom is 0.0726 e. The Morgan fingerprint density at radius 2 is 0.943 bits per heavy atom. The van der Waals surface area contributed by atoms with Gasteiger partial charge in [0.2, 0.25) is 0 Å². The van der Waals surface area contributed by atoms with Gasteiger partial charge >= 0.3 is 0 Å². The molecular weight excluding hydrogens is 865 g/mol. The Labute approximate surface area is 415 Å². The largest absolute Gasteiger partial charge is 0.309 e. The molecule has 0 unspecified atom stereocenters. The van der Waals surface area contributed by atoms with Gasteiger partial charge in [-0.05, 0) is 122 Å². The Bertz CT molecular complexity index is 4770. The number of fused-ring (bicyclic) bond motifs is 20. The van der Waals surface area contributed by atoms with Crippen LogP contribution in [0.1, 0.15) is 29.1 Å². The van der Waals surface area contributed by atoms with Gasteiger partial charge in [0.25, 0.3) is 0 Å². The number of rotatable bonds is 4. The summed E-state index contributed by atoms with van der Waals surface area (Å²) in [6, 6.07) is 75.8. The van der Waals surface area contributed by atoms with Crippen molar-refractivity contribution in [2.24, 2.45) is 0 Å². The van der Waals surface area contributed by atoms with E-state index in [4.69, 9.17) is 6.85 Å². The third-order valence-corrected chi connectivity index (χ3v) is 16.6. The van der Waals surface area contributed by atoms with Crippen molar-refractivity contribution in [2.75, 3.05) is 0 Å². The highest BCUT2D eigenvalue weighted by molar-refractivity contribution is 7.26. The number of hydrogen-bond acceptors (Lipinski definition) is 1. The van der Waals surface area contributed by atoms with E-state index >= 15 is 0 Å². The number of hydrogen-bond donors (Lipinski definition) is 0. The van der Waals surface area contributed by atoms with Crippen LogP contribution in [0.5, 0.6) is 0 Å². The molecule has 3 heterocycles. The van der Waals surface area contributed by atoms with Crippen molar-refractivity contribution in [3.8, 4) is 55.9 Å². The molecule has 2 nitrogen and oxygen atoms in total. The molecule has 2 aliphatic rings. The van der Waals surface area contributed by atoms with E-state index in [1.54, 1.807) is 0 Å². The predicted molar refractivity (Wildman–Crippen MR) is 295 cm³/mol. The van der Waals surface area contributed by atoms with Gasteiger partial charge in [0.05, 0.1) is 34.3 Å². The van der Waals surface area contributed by atoms with Crippen molar-refractivity contribution < 1.29 is 6.85 Å². The van der Waals surface area contributed by atoms with Crippen LogP contribution in [0.4, 0.5) is 0 Å². The fourth-order valence-corrected chi connectivity index (χ4v) is 13.9. The van der Waals surface area contributed by atoms with Crippen LogP contribution in [0.15, 0.2) is 243 Å². The molecule has 0 N–H and O–H groups in total. The lowest BCUT2D eigenvalue weighted by molar-refractivity contribution is 0.792. The molecule has 11 aromatic carbocycles. The minimum atomic E-state index is -0.472. The fraction of sp³-hybridized carbons (Fsp3) is 0.0149. The lowest BCUT2D eigenvalue weighted by Gasteiger charge is -2.30. The summed E-state index contributed by atoms with van der Waals surface area (Å²) < 4.78 is 49.7. The molecule has 0 fully saturated rings. The lowest BCUT2D eigenvalue weighted by Crippen LogP contribution is -2.26. The summed E-state index contributed by atoms with van der Waals surface area (Å²) >= 11 is 1.85. The second kappa shape index (κ2) is 14.1. The van der Waals surface area contributed by atoms with Crippen LogP contribution in [0.25, 0.3) is 120 Å². The molecule has 0 atom stereocenters. The number of thiophene rings is 1. The van der Waals surface area contributed by atoms with E-state index in [9.17, 15) is 0 Å². The average Bonchev–Trinajstić information content (AvgIpc) is 4.29. The number of nitrogens with zero attached hydrogens (tertiary/aromatic N) is 2. The Morgan fingerprint density at radius 1 is 0.357 bits per heavy atom. The van der Waals surface area contributed by atoms with Crippen molar-refractivity contribution in [3.63, 3.8) is 0 Å². The summed E-state index contributed by atoms with van der Waals surface area (Å²) in [5.41, 5.74) is 19.3. The van der Waals surface area contributed by atoms with Crippen molar-refractivity contribution in [3.05, 3.63) is 265 Å². The molecule has 0 aliphatic heterocycles. The zero-order valence-electron chi connectivity index (χ0n) is 42.5. The summed E-state index contributed by atoms with van der Waals surface area (Å²) in [7, 11) is 0. The average molecular weight is 910 g/mol. The first-order valence-electron chi connectivity index (χ1n) is 26.3. The molecule has 70 heavy (non-hydrogen) atoms. The summed E-state index contributed by atoms with van der Waals surface area (Å²) in [5.74, 6) is 0. The van der Waals surface area contributed by atoms with E-state index in [1.807, 2.05) is 41.7 Å². The quantitative estimate of drug-likeness (QED) is 0.167. The van der Waals surface area contributed by atoms with Gasteiger partial charge in [-0.15, -0.1) is 11.3 Å². The van der Waals surface area contributed by atoms with E-state index < -0.39 is 11.5 Å². The normalized spacial score (nSPS) is 14.3. The van der Waals surface area contributed by atoms with E-state index in [0.717, 1.165) is 44.3 Å². The Morgan fingerprint density at radius 3 is 1.67 bits per heavy atom. The highest BCUT2D eigenvalue weighted by Gasteiger charge is 2.51. The zero-order valence-corrected chi connectivity index (χ0v) is 38.3. The topological polar surface area (TPSA) is 9.86 Å². The zero-order chi connectivity index (χ0) is 50.0. The molecule has 0 saturated carbocycles. The predicted octanol–water partition coefficient (Wildman–Crippen LogP) is 17.9. The van der Waals surface area contributed by atoms with Gasteiger partial charge in [-0.25, -0.2) is 0 Å². The van der Waals surface area contributed by atoms with Crippen molar-refractivity contribution >= 4 is 75.1 Å². The maximum atomic E-state index is 8.76. The molecule has 0 bridgehead atoms. The van der Waals surface area contributed by atoms with Crippen LogP contribution >= 0.6 is 11.3 Å². The van der Waals surface area contributed by atoms with Gasteiger partial charge in [0, 0.05) is 58.7 Å². The molecule has 0 radical (unpaired) electrons. The first kappa shape index (κ1) is 33.7. The third kappa shape index (κ3) is 4.96. The fourth-order valence-electron chi connectivity index (χ4n) is 12.7. The van der Waals surface area contributed by atoms with Crippen LogP contribution in [0.2, 0.25) is 0 Å². The molecule has 14 aromatic rings. The van der Waals surface area contributed by atoms with Crippen LogP contribution < -0.4 is 0 Å². The van der Waals surface area contributed by atoms with Gasteiger partial charge < -0.3 is 9.13 Å². The van der Waals surface area contributed by atoms with Crippen LogP contribution in [-0.4, -0.2) is 9.13 Å². The third-order valence-electron chi connectivity index (χ3n) is 15.4. The summed E-state index contributed by atoms with van der Waals surface area (Å²) in [6.45, 7) is 0. The van der Waals surface area contributed by atoms with Crippen LogP contribution in [0, 0.1) is 0 Å². The SMILES string of the molecule is [2H]c1c([2H])c([2H])c(-c2cccc(-n3c4ccccc4c4cc(-c5cc6c7ccccc7n(-c7ccc8c(c7)C7(c9ccccc9-c9ccccc97)c7ccccc7-8)c6c6c5sc5ccccc56)ccc43)c2)c([2H])c1[2H]. The Hall–Kier alpha value is -8.76. The first-order chi connectivity index (χ1) is 36.8. The summed E-state index contributed by atoms with van der Waals surface area (Å²) in [6.07, 6.45) is 0. The molecule has 3 aromatic heterocycles. The minimum Gasteiger partial charge on any atom is -0.309 e. The number of para-hydroxylation sites is 2. The lowest BCUT2D eigenvalue weighted by atomic mass is 9.70. The van der Waals surface area contributed by atoms with Gasteiger partial charge in [-0.2, -0.15) is 0 Å². The molecule has 2 aliphatic carbocycles. The molecule has 324 valence electrons. The first-order valence-corrected chi connectivity index (χ1v) is 24.7. The van der Waals surface area contributed by atoms with Crippen LogP contribution in [0.3, 0.4) is 0 Å².